The molecule has 0 aliphatic carbocycles. The number of aryl methyl sites for hydroxylation is 1. The van der Waals surface area contributed by atoms with Crippen molar-refractivity contribution in [3.05, 3.63) is 36.8 Å². The molecule has 0 nitrogen and oxygen atoms in total. The summed E-state index contributed by atoms with van der Waals surface area (Å²) in [5.41, 5.74) is 1.34. The molecule has 12 heavy (non-hydrogen) atoms. The van der Waals surface area contributed by atoms with Crippen LogP contribution in [0.2, 0.25) is 19.1 Å². The standard InChI is InChI=1S/C11H17Si/c1-5-12(3,4)11-8-6-10(2)7-9-11/h6-9H,1,5H2,2-4H3. The van der Waals surface area contributed by atoms with E-state index in [4.69, 9.17) is 0 Å². The fourth-order valence-electron chi connectivity index (χ4n) is 1.15. The predicted molar refractivity (Wildman–Crippen MR) is 58.5 cm³/mol. The summed E-state index contributed by atoms with van der Waals surface area (Å²) in [7, 11) is -1.19. The van der Waals surface area contributed by atoms with Crippen molar-refractivity contribution >= 4 is 13.3 Å². The minimum atomic E-state index is -1.19. The smallest absolute Gasteiger partial charge is 0.0654 e. The number of hydrogen-bond acceptors (Lipinski definition) is 0. The molecular formula is C11H17Si. The topological polar surface area (TPSA) is 0 Å². The average Bonchev–Trinajstić information content (AvgIpc) is 2.05. The molecule has 1 heteroatoms. The zero-order valence-electron chi connectivity index (χ0n) is 8.22. The highest BCUT2D eigenvalue weighted by molar-refractivity contribution is 6.89. The molecule has 1 aromatic rings. The SMILES string of the molecule is [CH2]C[Si](C)(C)c1ccc(C)cc1. The maximum Gasteiger partial charge on any atom is 0.0806 e. The Bertz CT molecular complexity index is 246. The third-order valence-corrected chi connectivity index (χ3v) is 5.60. The van der Waals surface area contributed by atoms with Crippen molar-refractivity contribution in [2.24, 2.45) is 0 Å². The van der Waals surface area contributed by atoms with Crippen LogP contribution in [0.1, 0.15) is 5.56 Å². The Kier molecular flexibility index (Phi) is 2.73. The first-order valence-electron chi connectivity index (χ1n) is 4.42. The molecule has 0 amide bonds. The lowest BCUT2D eigenvalue weighted by Gasteiger charge is -2.20. The van der Waals surface area contributed by atoms with Gasteiger partial charge in [-0.15, -0.1) is 0 Å². The molecule has 0 bridgehead atoms. The molecule has 1 radical (unpaired) electrons. The first-order valence-corrected chi connectivity index (χ1v) is 7.63. The lowest BCUT2D eigenvalue weighted by Crippen LogP contribution is -2.40. The van der Waals surface area contributed by atoms with Crippen LogP contribution in [0, 0.1) is 13.8 Å². The molecular weight excluding hydrogens is 160 g/mol. The van der Waals surface area contributed by atoms with Crippen molar-refractivity contribution in [1.29, 1.82) is 0 Å². The van der Waals surface area contributed by atoms with E-state index in [0.29, 0.717) is 0 Å². The molecule has 0 aromatic heterocycles. The van der Waals surface area contributed by atoms with Crippen molar-refractivity contribution in [2.45, 2.75) is 26.1 Å². The van der Waals surface area contributed by atoms with Gasteiger partial charge in [0.25, 0.3) is 0 Å². The summed E-state index contributed by atoms with van der Waals surface area (Å²) in [4.78, 5) is 0. The predicted octanol–water partition coefficient (Wildman–Crippen LogP) is 2.74. The van der Waals surface area contributed by atoms with E-state index >= 15 is 0 Å². The summed E-state index contributed by atoms with van der Waals surface area (Å²) in [5, 5.41) is 1.52. The van der Waals surface area contributed by atoms with E-state index in [2.05, 4.69) is 51.2 Å². The first kappa shape index (κ1) is 9.52. The van der Waals surface area contributed by atoms with Gasteiger partial charge in [-0.1, -0.05) is 61.1 Å². The summed E-state index contributed by atoms with van der Waals surface area (Å²) in [6.07, 6.45) is 0. The molecule has 0 unspecified atom stereocenters. The lowest BCUT2D eigenvalue weighted by atomic mass is 10.2. The molecule has 0 N–H and O–H groups in total. The van der Waals surface area contributed by atoms with Gasteiger partial charge in [0, 0.05) is 0 Å². The van der Waals surface area contributed by atoms with Crippen LogP contribution in [0.4, 0.5) is 0 Å². The van der Waals surface area contributed by atoms with Gasteiger partial charge in [0.15, 0.2) is 0 Å². The fourth-order valence-corrected chi connectivity index (χ4v) is 2.51. The van der Waals surface area contributed by atoms with Crippen molar-refractivity contribution in [3.63, 3.8) is 0 Å². The molecule has 0 spiro atoms. The molecule has 0 fully saturated rings. The Morgan fingerprint density at radius 3 is 2.08 bits per heavy atom. The Hall–Kier alpha value is -0.563. The van der Waals surface area contributed by atoms with Gasteiger partial charge in [-0.25, -0.2) is 0 Å². The van der Waals surface area contributed by atoms with Gasteiger partial charge in [0.2, 0.25) is 0 Å². The molecule has 0 aliphatic heterocycles. The highest BCUT2D eigenvalue weighted by atomic mass is 28.3. The summed E-state index contributed by atoms with van der Waals surface area (Å²) in [5.74, 6) is 0. The molecule has 65 valence electrons. The second kappa shape index (κ2) is 3.44. The van der Waals surface area contributed by atoms with E-state index < -0.39 is 8.07 Å². The van der Waals surface area contributed by atoms with Crippen LogP contribution in [-0.2, 0) is 0 Å². The van der Waals surface area contributed by atoms with Crippen LogP contribution in [0.3, 0.4) is 0 Å². The molecule has 0 atom stereocenters. The van der Waals surface area contributed by atoms with Crippen molar-refractivity contribution in [1.82, 2.24) is 0 Å². The minimum absolute atomic E-state index is 1.08. The number of rotatable bonds is 2. The van der Waals surface area contributed by atoms with Crippen molar-refractivity contribution in [3.8, 4) is 0 Å². The molecule has 0 saturated heterocycles. The zero-order chi connectivity index (χ0) is 9.19. The maximum atomic E-state index is 4.02. The summed E-state index contributed by atoms with van der Waals surface area (Å²) in [6, 6.07) is 9.98. The van der Waals surface area contributed by atoms with Crippen LogP contribution in [-0.4, -0.2) is 8.07 Å². The van der Waals surface area contributed by atoms with Gasteiger partial charge in [0.1, 0.15) is 0 Å². The second-order valence-corrected chi connectivity index (χ2v) is 8.85. The number of hydrogen-bond donors (Lipinski definition) is 0. The molecule has 1 aromatic carbocycles. The lowest BCUT2D eigenvalue weighted by molar-refractivity contribution is 1.47. The van der Waals surface area contributed by atoms with E-state index in [1.165, 1.54) is 10.8 Å². The van der Waals surface area contributed by atoms with Gasteiger partial charge >= 0.3 is 0 Å². The first-order chi connectivity index (χ1) is 5.56. The molecule has 1 rings (SSSR count). The van der Waals surface area contributed by atoms with Crippen LogP contribution in [0.15, 0.2) is 24.3 Å². The minimum Gasteiger partial charge on any atom is -0.0654 e. The van der Waals surface area contributed by atoms with Crippen molar-refractivity contribution < 1.29 is 0 Å². The Labute approximate surface area is 76.6 Å². The van der Waals surface area contributed by atoms with E-state index in [1.54, 1.807) is 0 Å². The number of benzene rings is 1. The summed E-state index contributed by atoms with van der Waals surface area (Å²) in [6.45, 7) is 10.9. The Morgan fingerprint density at radius 2 is 1.67 bits per heavy atom. The molecule has 0 saturated carbocycles. The monoisotopic (exact) mass is 177 g/mol. The quantitative estimate of drug-likeness (QED) is 0.609. The fraction of sp³-hybridized carbons (Fsp3) is 0.364. The van der Waals surface area contributed by atoms with Crippen LogP contribution in [0.5, 0.6) is 0 Å². The molecule has 0 aliphatic rings. The zero-order valence-corrected chi connectivity index (χ0v) is 9.22. The highest BCUT2D eigenvalue weighted by Crippen LogP contribution is 2.08. The second-order valence-electron chi connectivity index (χ2n) is 4.00. The largest absolute Gasteiger partial charge is 0.0806 e. The van der Waals surface area contributed by atoms with E-state index in [1.807, 2.05) is 0 Å². The summed E-state index contributed by atoms with van der Waals surface area (Å²) >= 11 is 0. The van der Waals surface area contributed by atoms with Gasteiger partial charge in [-0.3, -0.25) is 0 Å². The Morgan fingerprint density at radius 1 is 1.17 bits per heavy atom. The van der Waals surface area contributed by atoms with Crippen LogP contribution in [0.25, 0.3) is 0 Å². The van der Waals surface area contributed by atoms with Crippen LogP contribution < -0.4 is 5.19 Å². The van der Waals surface area contributed by atoms with E-state index in [-0.39, 0.29) is 0 Å². The molecule has 0 heterocycles. The highest BCUT2D eigenvalue weighted by Gasteiger charge is 2.19. The average molecular weight is 177 g/mol. The van der Waals surface area contributed by atoms with E-state index in [9.17, 15) is 0 Å². The third kappa shape index (κ3) is 1.98. The summed E-state index contributed by atoms with van der Waals surface area (Å²) < 4.78 is 0. The normalized spacial score (nSPS) is 11.7. The van der Waals surface area contributed by atoms with Gasteiger partial charge in [-0.2, -0.15) is 0 Å². The third-order valence-electron chi connectivity index (χ3n) is 2.46. The maximum absolute atomic E-state index is 4.02. The van der Waals surface area contributed by atoms with Gasteiger partial charge in [0.05, 0.1) is 8.07 Å². The Balaban J connectivity index is 2.96. The van der Waals surface area contributed by atoms with Gasteiger partial charge < -0.3 is 0 Å². The van der Waals surface area contributed by atoms with E-state index in [0.717, 1.165) is 6.04 Å². The van der Waals surface area contributed by atoms with Crippen molar-refractivity contribution in [2.75, 3.05) is 0 Å². The van der Waals surface area contributed by atoms with Crippen LogP contribution >= 0.6 is 0 Å². The van der Waals surface area contributed by atoms with Gasteiger partial charge in [-0.05, 0) is 6.92 Å².